The summed E-state index contributed by atoms with van der Waals surface area (Å²) >= 11 is 0. The van der Waals surface area contributed by atoms with Gasteiger partial charge < -0.3 is 5.32 Å². The molecule has 1 aliphatic carbocycles. The van der Waals surface area contributed by atoms with Crippen molar-refractivity contribution >= 4 is 22.8 Å². The molecule has 26 heavy (non-hydrogen) atoms. The van der Waals surface area contributed by atoms with E-state index >= 15 is 0 Å². The Kier molecular flexibility index (Phi) is 6.15. The van der Waals surface area contributed by atoms with E-state index in [2.05, 4.69) is 5.32 Å². The van der Waals surface area contributed by atoms with Gasteiger partial charge in [0.1, 0.15) is 0 Å². The minimum atomic E-state index is -0.657. The molecule has 3 nitrogen and oxygen atoms in total. The van der Waals surface area contributed by atoms with Crippen molar-refractivity contribution in [3.8, 4) is 0 Å². The molecule has 0 bridgehead atoms. The number of fused-ring (bicyclic) bond motifs is 1. The Labute approximate surface area is 179 Å². The first-order valence-corrected chi connectivity index (χ1v) is 8.18. The van der Waals surface area contributed by atoms with E-state index in [1.165, 1.54) is 0 Å². The van der Waals surface area contributed by atoms with Gasteiger partial charge in [0.2, 0.25) is 5.78 Å². The molecule has 1 radical (unpaired) electrons. The molecule has 0 spiro atoms. The van der Waals surface area contributed by atoms with E-state index in [0.717, 1.165) is 16.7 Å². The third-order valence-electron chi connectivity index (χ3n) is 4.62. The Morgan fingerprint density at radius 2 is 1.46 bits per heavy atom. The van der Waals surface area contributed by atoms with E-state index in [-0.39, 0.29) is 32.7 Å². The molecule has 4 heteroatoms. The van der Waals surface area contributed by atoms with Crippen molar-refractivity contribution in [3.63, 3.8) is 0 Å². The number of nitrogens with one attached hydrogen (secondary N) is 1. The summed E-state index contributed by atoms with van der Waals surface area (Å²) < 4.78 is 0. The third kappa shape index (κ3) is 3.65. The van der Waals surface area contributed by atoms with Crippen LogP contribution in [-0.4, -0.2) is 11.7 Å². The number of Topliss-reactive ketones (excluding diaryl/α,β-unsaturated/α-hetero) is 1. The van der Waals surface area contributed by atoms with Crippen LogP contribution in [0.5, 0.6) is 0 Å². The van der Waals surface area contributed by atoms with E-state index < -0.39 is 17.2 Å². The van der Waals surface area contributed by atoms with E-state index in [4.69, 9.17) is 6.58 Å². The number of rotatable bonds is 4. The van der Waals surface area contributed by atoms with Gasteiger partial charge in [0.15, 0.2) is 0 Å². The average Bonchev–Trinajstić information content (AvgIpc) is 2.86. The number of carbonyl (C=O) groups excluding carboxylic acids is 2. The van der Waals surface area contributed by atoms with Gasteiger partial charge in [-0.05, 0) is 25.0 Å². The molecule has 0 atom stereocenters. The van der Waals surface area contributed by atoms with Crippen LogP contribution in [0.3, 0.4) is 0 Å². The first kappa shape index (κ1) is 20.5. The SMILES string of the molecule is [CH-]=C1C(C)=C(C(=O)C(=O)NC(C)(C)c2ccccc2)c2ccccc21.[Y]. The van der Waals surface area contributed by atoms with Gasteiger partial charge in [0, 0.05) is 32.7 Å². The van der Waals surface area contributed by atoms with E-state index in [1.54, 1.807) is 6.92 Å². The zero-order chi connectivity index (χ0) is 18.2. The first-order chi connectivity index (χ1) is 11.8. The Hall–Kier alpha value is -1.84. The summed E-state index contributed by atoms with van der Waals surface area (Å²) in [5.74, 6) is -1.19. The average molecular weight is 419 g/mol. The zero-order valence-corrected chi connectivity index (χ0v) is 18.0. The van der Waals surface area contributed by atoms with Crippen LogP contribution in [0.25, 0.3) is 11.1 Å². The van der Waals surface area contributed by atoms with Gasteiger partial charge >= 0.3 is 0 Å². The number of ketones is 1. The van der Waals surface area contributed by atoms with Crippen LogP contribution in [0.4, 0.5) is 0 Å². The maximum atomic E-state index is 12.8. The Bertz CT molecular complexity index is 911. The number of amides is 1. The molecule has 1 amide bonds. The molecular weight excluding hydrogens is 399 g/mol. The van der Waals surface area contributed by atoms with Crippen molar-refractivity contribution in [3.05, 3.63) is 83.4 Å². The summed E-state index contributed by atoms with van der Waals surface area (Å²) in [6.07, 6.45) is 0. The normalized spacial score (nSPS) is 13.1. The summed E-state index contributed by atoms with van der Waals surface area (Å²) in [5.41, 5.74) is 3.38. The topological polar surface area (TPSA) is 46.2 Å². The summed E-state index contributed by atoms with van der Waals surface area (Å²) in [6.45, 7) is 11.6. The van der Waals surface area contributed by atoms with Crippen molar-refractivity contribution < 1.29 is 42.3 Å². The predicted molar refractivity (Wildman–Crippen MR) is 99.4 cm³/mol. The van der Waals surface area contributed by atoms with Gasteiger partial charge in [-0.2, -0.15) is 5.57 Å². The smallest absolute Gasteiger partial charge is 0.291 e. The van der Waals surface area contributed by atoms with E-state index in [1.807, 2.05) is 68.4 Å². The van der Waals surface area contributed by atoms with Gasteiger partial charge in [0.05, 0.1) is 5.54 Å². The molecule has 129 valence electrons. The summed E-state index contributed by atoms with van der Waals surface area (Å²) in [6, 6.07) is 16.9. The molecule has 0 saturated heterocycles. The fourth-order valence-electron chi connectivity index (χ4n) is 3.15. The Morgan fingerprint density at radius 3 is 2.08 bits per heavy atom. The van der Waals surface area contributed by atoms with Crippen LogP contribution in [0, 0.1) is 6.58 Å². The minimum absolute atomic E-state index is 0. The van der Waals surface area contributed by atoms with Crippen LogP contribution >= 0.6 is 0 Å². The molecule has 0 unspecified atom stereocenters. The summed E-state index contributed by atoms with van der Waals surface area (Å²) in [7, 11) is 0. The molecule has 3 rings (SSSR count). The van der Waals surface area contributed by atoms with Crippen LogP contribution in [-0.2, 0) is 47.8 Å². The van der Waals surface area contributed by atoms with Gasteiger partial charge in [-0.15, -0.1) is 17.2 Å². The van der Waals surface area contributed by atoms with Gasteiger partial charge in [-0.1, -0.05) is 61.0 Å². The van der Waals surface area contributed by atoms with Gasteiger partial charge in [-0.3, -0.25) is 9.59 Å². The molecule has 0 saturated carbocycles. The first-order valence-electron chi connectivity index (χ1n) is 8.18. The Morgan fingerprint density at radius 1 is 0.923 bits per heavy atom. The van der Waals surface area contributed by atoms with Crippen LogP contribution in [0.1, 0.15) is 37.5 Å². The Balaban J connectivity index is 0.00000243. The molecule has 1 aliphatic rings. The standard InChI is InChI=1S/C22H20NO2.Y/c1-14-15(2)19(18-13-9-8-12-17(14)18)20(24)21(25)23-22(3,4)16-10-6-5-7-11-16;/h1,5-13H,2-4H3,(H,23,25);/q-1;. The van der Waals surface area contributed by atoms with E-state index in [9.17, 15) is 9.59 Å². The van der Waals surface area contributed by atoms with E-state index in [0.29, 0.717) is 16.7 Å². The summed E-state index contributed by atoms with van der Waals surface area (Å²) in [5, 5.41) is 2.84. The van der Waals surface area contributed by atoms with Crippen molar-refractivity contribution in [2.45, 2.75) is 26.3 Å². The molecule has 0 aliphatic heterocycles. The predicted octanol–water partition coefficient (Wildman–Crippen LogP) is 3.91. The summed E-state index contributed by atoms with van der Waals surface area (Å²) in [4.78, 5) is 25.5. The molecule has 0 aromatic heterocycles. The number of hydrogen-bond acceptors (Lipinski definition) is 2. The maximum Gasteiger partial charge on any atom is 0.291 e. The van der Waals surface area contributed by atoms with Crippen LogP contribution < -0.4 is 5.32 Å². The zero-order valence-electron chi connectivity index (χ0n) is 15.2. The van der Waals surface area contributed by atoms with Crippen LogP contribution in [0.15, 0.2) is 60.2 Å². The van der Waals surface area contributed by atoms with Crippen molar-refractivity contribution in [2.75, 3.05) is 0 Å². The fourth-order valence-corrected chi connectivity index (χ4v) is 3.15. The van der Waals surface area contributed by atoms with Crippen molar-refractivity contribution in [2.24, 2.45) is 0 Å². The number of carbonyl (C=O) groups is 2. The second-order valence-electron chi connectivity index (χ2n) is 6.73. The third-order valence-corrected chi connectivity index (χ3v) is 4.62. The van der Waals surface area contributed by atoms with Gasteiger partial charge in [0.25, 0.3) is 5.91 Å². The molecule has 2 aromatic rings. The van der Waals surface area contributed by atoms with Crippen molar-refractivity contribution in [1.82, 2.24) is 5.32 Å². The second-order valence-corrected chi connectivity index (χ2v) is 6.73. The molecular formula is C22H20NO2Y-. The molecule has 0 heterocycles. The number of hydrogen-bond donors (Lipinski definition) is 1. The quantitative estimate of drug-likeness (QED) is 0.604. The van der Waals surface area contributed by atoms with Gasteiger partial charge in [-0.25, -0.2) is 6.58 Å². The minimum Gasteiger partial charge on any atom is -0.340 e. The number of benzene rings is 2. The largest absolute Gasteiger partial charge is 0.340 e. The monoisotopic (exact) mass is 419 g/mol. The second kappa shape index (κ2) is 7.81. The van der Waals surface area contributed by atoms with Crippen molar-refractivity contribution in [1.29, 1.82) is 0 Å². The number of allylic oxidation sites excluding steroid dienone is 2. The molecule has 2 aromatic carbocycles. The van der Waals surface area contributed by atoms with Crippen LogP contribution in [0.2, 0.25) is 0 Å². The molecule has 1 N–H and O–H groups in total. The fraction of sp³-hybridized carbons (Fsp3) is 0.182. The maximum absolute atomic E-state index is 12.8. The molecule has 0 fully saturated rings.